The molecule has 0 aliphatic rings. The Morgan fingerprint density at radius 3 is 2.89 bits per heavy atom. The molecule has 1 rings (SSSR count). The van der Waals surface area contributed by atoms with Gasteiger partial charge < -0.3 is 20.1 Å². The van der Waals surface area contributed by atoms with Gasteiger partial charge in [0, 0.05) is 19.0 Å². The van der Waals surface area contributed by atoms with Crippen molar-refractivity contribution in [2.75, 3.05) is 39.2 Å². The molecule has 1 aromatic heterocycles. The van der Waals surface area contributed by atoms with Gasteiger partial charge in [-0.15, -0.1) is 11.3 Å². The maximum absolute atomic E-state index is 11.3. The van der Waals surface area contributed by atoms with Crippen LogP contribution >= 0.6 is 11.3 Å². The third-order valence-electron chi connectivity index (χ3n) is 1.93. The highest BCUT2D eigenvalue weighted by atomic mass is 32.1. The number of rotatable bonds is 7. The Labute approximate surface area is 108 Å². The molecule has 0 atom stereocenters. The van der Waals surface area contributed by atoms with Gasteiger partial charge in [0.25, 0.3) is 0 Å². The van der Waals surface area contributed by atoms with Crippen molar-refractivity contribution < 1.29 is 19.1 Å². The summed E-state index contributed by atoms with van der Waals surface area (Å²) in [4.78, 5) is 26.5. The number of nitrogens with zero attached hydrogens (tertiary/aromatic N) is 1. The largest absolute Gasteiger partial charge is 0.464 e. The number of carbonyl (C=O) groups is 2. The Hall–Kier alpha value is -1.67. The summed E-state index contributed by atoms with van der Waals surface area (Å²) in [6.45, 7) is 1.02. The van der Waals surface area contributed by atoms with Crippen LogP contribution in [0.1, 0.15) is 10.5 Å². The second kappa shape index (κ2) is 7.62. The molecule has 1 heterocycles. The summed E-state index contributed by atoms with van der Waals surface area (Å²) in [5, 5.41) is 7.53. The number of ether oxygens (including phenoxy) is 2. The monoisotopic (exact) mass is 273 g/mol. The van der Waals surface area contributed by atoms with Crippen molar-refractivity contribution in [2.24, 2.45) is 0 Å². The van der Waals surface area contributed by atoms with Gasteiger partial charge in [0.1, 0.15) is 0 Å². The Bertz CT molecular complexity index is 408. The van der Waals surface area contributed by atoms with Crippen molar-refractivity contribution >= 4 is 28.3 Å². The molecule has 0 spiro atoms. The first-order valence-corrected chi connectivity index (χ1v) is 6.08. The molecule has 1 aromatic rings. The molecule has 18 heavy (non-hydrogen) atoms. The minimum Gasteiger partial charge on any atom is -0.464 e. The molecular formula is C10H15N3O4S. The summed E-state index contributed by atoms with van der Waals surface area (Å²) in [6, 6.07) is 0. The lowest BCUT2D eigenvalue weighted by atomic mass is 10.5. The molecule has 0 bridgehead atoms. The fraction of sp³-hybridized carbons (Fsp3) is 0.500. The van der Waals surface area contributed by atoms with E-state index in [-0.39, 0.29) is 18.1 Å². The molecule has 1 amide bonds. The van der Waals surface area contributed by atoms with E-state index in [0.29, 0.717) is 18.3 Å². The molecule has 0 aromatic carbocycles. The van der Waals surface area contributed by atoms with E-state index < -0.39 is 5.97 Å². The Morgan fingerprint density at radius 2 is 2.22 bits per heavy atom. The van der Waals surface area contributed by atoms with E-state index in [1.165, 1.54) is 18.4 Å². The molecule has 0 saturated carbocycles. The first-order chi connectivity index (χ1) is 8.67. The second-order valence-corrected chi connectivity index (χ2v) is 4.08. The summed E-state index contributed by atoms with van der Waals surface area (Å²) < 4.78 is 9.33. The Balaban J connectivity index is 2.32. The summed E-state index contributed by atoms with van der Waals surface area (Å²) in [5.41, 5.74) is 0.227. The van der Waals surface area contributed by atoms with Crippen LogP contribution in [-0.4, -0.2) is 50.8 Å². The molecular weight excluding hydrogens is 258 g/mol. The van der Waals surface area contributed by atoms with Crippen LogP contribution in [0, 0.1) is 0 Å². The van der Waals surface area contributed by atoms with E-state index in [1.807, 2.05) is 0 Å². The van der Waals surface area contributed by atoms with Crippen LogP contribution in [0.4, 0.5) is 5.13 Å². The summed E-state index contributed by atoms with van der Waals surface area (Å²) in [7, 11) is 2.85. The van der Waals surface area contributed by atoms with Crippen LogP contribution in [0.2, 0.25) is 0 Å². The fourth-order valence-corrected chi connectivity index (χ4v) is 1.74. The summed E-state index contributed by atoms with van der Waals surface area (Å²) in [6.07, 6.45) is 0. The van der Waals surface area contributed by atoms with Gasteiger partial charge in [0.05, 0.1) is 20.3 Å². The molecule has 2 N–H and O–H groups in total. The molecule has 8 heteroatoms. The number of methoxy groups -OCH3 is 2. The SMILES string of the molecule is COCCNC(=O)CNc1nc(C(=O)OC)cs1. The van der Waals surface area contributed by atoms with E-state index in [1.54, 1.807) is 12.5 Å². The van der Waals surface area contributed by atoms with Crippen molar-refractivity contribution in [3.8, 4) is 0 Å². The normalized spacial score (nSPS) is 9.89. The zero-order valence-electron chi connectivity index (χ0n) is 10.2. The molecule has 7 nitrogen and oxygen atoms in total. The molecule has 0 saturated heterocycles. The number of hydrogen-bond donors (Lipinski definition) is 2. The highest BCUT2D eigenvalue weighted by Gasteiger charge is 2.10. The number of aromatic nitrogens is 1. The minimum atomic E-state index is -0.496. The zero-order valence-corrected chi connectivity index (χ0v) is 11.0. The van der Waals surface area contributed by atoms with Crippen LogP contribution in [0.25, 0.3) is 0 Å². The molecule has 0 unspecified atom stereocenters. The fourth-order valence-electron chi connectivity index (χ4n) is 1.06. The summed E-state index contributed by atoms with van der Waals surface area (Å²) in [5.74, 6) is -0.661. The smallest absolute Gasteiger partial charge is 0.357 e. The van der Waals surface area contributed by atoms with E-state index in [0.717, 1.165) is 0 Å². The number of amides is 1. The number of anilines is 1. The van der Waals surface area contributed by atoms with E-state index in [9.17, 15) is 9.59 Å². The average molecular weight is 273 g/mol. The summed E-state index contributed by atoms with van der Waals surface area (Å²) >= 11 is 1.24. The first kappa shape index (κ1) is 14.4. The van der Waals surface area contributed by atoms with E-state index >= 15 is 0 Å². The van der Waals surface area contributed by atoms with Crippen LogP contribution < -0.4 is 10.6 Å². The van der Waals surface area contributed by atoms with Crippen molar-refractivity contribution in [1.29, 1.82) is 0 Å². The van der Waals surface area contributed by atoms with Crippen molar-refractivity contribution in [3.63, 3.8) is 0 Å². The quantitative estimate of drug-likeness (QED) is 0.541. The van der Waals surface area contributed by atoms with Crippen LogP contribution in [0.3, 0.4) is 0 Å². The second-order valence-electron chi connectivity index (χ2n) is 3.23. The lowest BCUT2D eigenvalue weighted by molar-refractivity contribution is -0.119. The van der Waals surface area contributed by atoms with Gasteiger partial charge in [-0.1, -0.05) is 0 Å². The van der Waals surface area contributed by atoms with Gasteiger partial charge in [-0.2, -0.15) is 0 Å². The number of nitrogens with one attached hydrogen (secondary N) is 2. The van der Waals surface area contributed by atoms with Crippen molar-refractivity contribution in [2.45, 2.75) is 0 Å². The molecule has 0 radical (unpaired) electrons. The van der Waals surface area contributed by atoms with Crippen molar-refractivity contribution in [1.82, 2.24) is 10.3 Å². The third kappa shape index (κ3) is 4.68. The Morgan fingerprint density at radius 1 is 1.44 bits per heavy atom. The topological polar surface area (TPSA) is 89.5 Å². The number of thiazole rings is 1. The van der Waals surface area contributed by atoms with Gasteiger partial charge in [0.15, 0.2) is 10.8 Å². The van der Waals surface area contributed by atoms with Crippen LogP contribution in [-0.2, 0) is 14.3 Å². The maximum atomic E-state index is 11.3. The lowest BCUT2D eigenvalue weighted by Gasteiger charge is -2.04. The standard InChI is InChI=1S/C10H15N3O4S/c1-16-4-3-11-8(14)5-12-10-13-7(6-18-10)9(15)17-2/h6H,3-5H2,1-2H3,(H,11,14)(H,12,13). The molecule has 0 aliphatic carbocycles. The predicted octanol–water partition coefficient (Wildman–Crippen LogP) is 0.104. The highest BCUT2D eigenvalue weighted by Crippen LogP contribution is 2.15. The average Bonchev–Trinajstić information content (AvgIpc) is 2.84. The molecule has 100 valence electrons. The number of esters is 1. The lowest BCUT2D eigenvalue weighted by Crippen LogP contribution is -2.32. The van der Waals surface area contributed by atoms with Gasteiger partial charge in [-0.3, -0.25) is 4.79 Å². The highest BCUT2D eigenvalue weighted by molar-refractivity contribution is 7.13. The van der Waals surface area contributed by atoms with Gasteiger partial charge in [-0.05, 0) is 0 Å². The van der Waals surface area contributed by atoms with Crippen molar-refractivity contribution in [3.05, 3.63) is 11.1 Å². The van der Waals surface area contributed by atoms with E-state index in [2.05, 4.69) is 20.4 Å². The molecule has 0 fully saturated rings. The number of hydrogen-bond acceptors (Lipinski definition) is 7. The molecule has 0 aliphatic heterocycles. The third-order valence-corrected chi connectivity index (χ3v) is 2.73. The minimum absolute atomic E-state index is 0.0951. The van der Waals surface area contributed by atoms with Gasteiger partial charge in [-0.25, -0.2) is 9.78 Å². The van der Waals surface area contributed by atoms with Crippen LogP contribution in [0.5, 0.6) is 0 Å². The van der Waals surface area contributed by atoms with E-state index in [4.69, 9.17) is 4.74 Å². The predicted molar refractivity (Wildman–Crippen MR) is 66.8 cm³/mol. The first-order valence-electron chi connectivity index (χ1n) is 5.20. The zero-order chi connectivity index (χ0) is 13.4. The Kier molecular flexibility index (Phi) is 6.09. The number of carbonyl (C=O) groups excluding carboxylic acids is 2. The van der Waals surface area contributed by atoms with Crippen LogP contribution in [0.15, 0.2) is 5.38 Å². The maximum Gasteiger partial charge on any atom is 0.357 e. The van der Waals surface area contributed by atoms with Gasteiger partial charge in [0.2, 0.25) is 5.91 Å². The van der Waals surface area contributed by atoms with Gasteiger partial charge >= 0.3 is 5.97 Å².